The fraction of sp³-hybridized carbons (Fsp3) is 0.233. The molecule has 6 rings (SSSR count). The molecule has 7 nitrogen and oxygen atoms in total. The van der Waals surface area contributed by atoms with Gasteiger partial charge >= 0.3 is 0 Å². The molecule has 0 bridgehead atoms. The normalized spacial score (nSPS) is 15.2. The van der Waals surface area contributed by atoms with Gasteiger partial charge in [-0.1, -0.05) is 66.7 Å². The van der Waals surface area contributed by atoms with Gasteiger partial charge in [0, 0.05) is 24.3 Å². The summed E-state index contributed by atoms with van der Waals surface area (Å²) in [7, 11) is 0. The van der Waals surface area contributed by atoms with Gasteiger partial charge in [0.2, 0.25) is 0 Å². The maximum absolute atomic E-state index is 13.7. The second-order valence-corrected chi connectivity index (χ2v) is 9.73. The van der Waals surface area contributed by atoms with E-state index in [4.69, 9.17) is 4.74 Å². The van der Waals surface area contributed by atoms with Crippen molar-refractivity contribution in [2.75, 3.05) is 13.2 Å². The van der Waals surface area contributed by atoms with Crippen molar-refractivity contribution >= 4 is 22.2 Å². The van der Waals surface area contributed by atoms with Gasteiger partial charge in [0.1, 0.15) is 5.52 Å². The number of amides is 1. The van der Waals surface area contributed by atoms with Crippen LogP contribution in [0.25, 0.3) is 27.5 Å². The Labute approximate surface area is 214 Å². The lowest BCUT2D eigenvalue weighted by Crippen LogP contribution is -2.49. The smallest absolute Gasteiger partial charge is 0.274 e. The maximum Gasteiger partial charge on any atom is 0.274 e. The molecule has 1 amide bonds. The van der Waals surface area contributed by atoms with Gasteiger partial charge in [-0.3, -0.25) is 9.59 Å². The highest BCUT2D eigenvalue weighted by atomic mass is 16.5. The van der Waals surface area contributed by atoms with Crippen LogP contribution in [0, 0.1) is 13.8 Å². The van der Waals surface area contributed by atoms with E-state index in [0.29, 0.717) is 42.8 Å². The van der Waals surface area contributed by atoms with Gasteiger partial charge < -0.3 is 15.0 Å². The average molecular weight is 493 g/mol. The van der Waals surface area contributed by atoms with Crippen LogP contribution in [0.4, 0.5) is 0 Å². The summed E-state index contributed by atoms with van der Waals surface area (Å²) in [5.41, 5.74) is 3.75. The molecule has 186 valence electrons. The molecule has 3 heterocycles. The topological polar surface area (TPSA) is 88.5 Å². The van der Waals surface area contributed by atoms with Gasteiger partial charge in [-0.05, 0) is 49.1 Å². The average Bonchev–Trinajstić information content (AvgIpc) is 3.29. The molecule has 1 aliphatic heterocycles. The summed E-state index contributed by atoms with van der Waals surface area (Å²) >= 11 is 0. The van der Waals surface area contributed by atoms with Crippen LogP contribution in [0.5, 0.6) is 0 Å². The molecule has 0 spiro atoms. The molecule has 0 atom stereocenters. The van der Waals surface area contributed by atoms with Crippen LogP contribution in [-0.2, 0) is 10.3 Å². The number of nitrogens with zero attached hydrogens (tertiary/aromatic N) is 2. The number of ether oxygens (including phenoxy) is 1. The summed E-state index contributed by atoms with van der Waals surface area (Å²) in [4.78, 5) is 30.0. The number of nitrogens with one attached hydrogen (secondary N) is 2. The Kier molecular flexibility index (Phi) is 5.65. The monoisotopic (exact) mass is 492 g/mol. The summed E-state index contributed by atoms with van der Waals surface area (Å²) in [6, 6.07) is 24.2. The van der Waals surface area contributed by atoms with Crippen LogP contribution in [0.1, 0.15) is 40.2 Å². The summed E-state index contributed by atoms with van der Waals surface area (Å²) in [5, 5.41) is 10.1. The maximum atomic E-state index is 13.7. The molecule has 3 aromatic carbocycles. The molecular formula is C30H28N4O3. The second kappa shape index (κ2) is 9.01. The van der Waals surface area contributed by atoms with Crippen molar-refractivity contribution in [1.82, 2.24) is 19.9 Å². The number of aryl methyl sites for hydroxylation is 2. The van der Waals surface area contributed by atoms with E-state index < -0.39 is 5.54 Å². The minimum Gasteiger partial charge on any atom is -0.381 e. The van der Waals surface area contributed by atoms with Crippen LogP contribution in [-0.4, -0.2) is 33.7 Å². The number of hydrogen-bond donors (Lipinski definition) is 2. The first-order valence-corrected chi connectivity index (χ1v) is 12.5. The minimum absolute atomic E-state index is 0.256. The van der Waals surface area contributed by atoms with Crippen molar-refractivity contribution in [2.24, 2.45) is 0 Å². The van der Waals surface area contributed by atoms with Crippen molar-refractivity contribution in [3.05, 3.63) is 106 Å². The predicted octanol–water partition coefficient (Wildman–Crippen LogP) is 4.90. The van der Waals surface area contributed by atoms with Crippen LogP contribution in [0.3, 0.4) is 0 Å². The molecule has 2 aromatic heterocycles. The largest absolute Gasteiger partial charge is 0.381 e. The first-order valence-electron chi connectivity index (χ1n) is 12.5. The summed E-state index contributed by atoms with van der Waals surface area (Å²) in [6.07, 6.45) is 1.34. The van der Waals surface area contributed by atoms with Crippen LogP contribution in [0.15, 0.2) is 77.6 Å². The molecule has 5 aromatic rings. The van der Waals surface area contributed by atoms with E-state index in [9.17, 15) is 9.59 Å². The number of rotatable bonds is 4. The zero-order valence-electron chi connectivity index (χ0n) is 20.9. The van der Waals surface area contributed by atoms with Crippen molar-refractivity contribution in [3.63, 3.8) is 0 Å². The SMILES string of the molecule is Cc1c(C(=O)NC2(c3ccccc3)CCOCC2)nn2c(C)c(-c3ccc4ccccc4c3)[nH]c(=O)c12. The number of fused-ring (bicyclic) bond motifs is 2. The van der Waals surface area contributed by atoms with Gasteiger partial charge in [0.15, 0.2) is 5.69 Å². The fourth-order valence-corrected chi connectivity index (χ4v) is 5.46. The number of H-pyrrole nitrogens is 1. The molecule has 0 radical (unpaired) electrons. The molecule has 1 saturated heterocycles. The fourth-order valence-electron chi connectivity index (χ4n) is 5.46. The summed E-state index contributed by atoms with van der Waals surface area (Å²) < 4.78 is 7.21. The lowest BCUT2D eigenvalue weighted by atomic mass is 9.82. The standard InChI is InChI=1S/C30H28N4O3/c1-19-25(28(35)32-30(14-16-37-17-15-30)24-10-4-3-5-11-24)33-34-20(2)26(31-29(36)27(19)34)23-13-12-21-8-6-7-9-22(21)18-23/h3-13,18H,14-17H2,1-2H3,(H,31,36)(H,32,35). The number of aromatic amines is 1. The van der Waals surface area contributed by atoms with E-state index >= 15 is 0 Å². The molecule has 0 unspecified atom stereocenters. The van der Waals surface area contributed by atoms with E-state index in [0.717, 1.165) is 27.6 Å². The number of carbonyl (C=O) groups excluding carboxylic acids is 1. The molecule has 1 fully saturated rings. The van der Waals surface area contributed by atoms with E-state index in [2.05, 4.69) is 27.5 Å². The summed E-state index contributed by atoms with van der Waals surface area (Å²) in [6.45, 7) is 4.81. The van der Waals surface area contributed by atoms with Crippen molar-refractivity contribution in [2.45, 2.75) is 32.2 Å². The van der Waals surface area contributed by atoms with E-state index in [-0.39, 0.29) is 17.2 Å². The van der Waals surface area contributed by atoms with Crippen molar-refractivity contribution in [1.29, 1.82) is 0 Å². The lowest BCUT2D eigenvalue weighted by molar-refractivity contribution is 0.0344. The van der Waals surface area contributed by atoms with Gasteiger partial charge in [0.05, 0.1) is 16.9 Å². The third-order valence-corrected chi connectivity index (χ3v) is 7.53. The van der Waals surface area contributed by atoms with Gasteiger partial charge in [0.25, 0.3) is 11.5 Å². The van der Waals surface area contributed by atoms with Crippen molar-refractivity contribution in [3.8, 4) is 11.3 Å². The molecule has 0 aliphatic carbocycles. The Balaban J connectivity index is 1.42. The number of benzene rings is 3. The lowest BCUT2D eigenvalue weighted by Gasteiger charge is -2.38. The van der Waals surface area contributed by atoms with Crippen LogP contribution >= 0.6 is 0 Å². The zero-order chi connectivity index (χ0) is 25.6. The second-order valence-electron chi connectivity index (χ2n) is 9.73. The quantitative estimate of drug-likeness (QED) is 0.374. The zero-order valence-corrected chi connectivity index (χ0v) is 20.9. The minimum atomic E-state index is -0.545. The summed E-state index contributed by atoms with van der Waals surface area (Å²) in [5.74, 6) is -0.294. The Bertz CT molecular complexity index is 1700. The molecule has 2 N–H and O–H groups in total. The number of hydrogen-bond acceptors (Lipinski definition) is 4. The third kappa shape index (κ3) is 3.92. The highest BCUT2D eigenvalue weighted by Gasteiger charge is 2.37. The van der Waals surface area contributed by atoms with Gasteiger partial charge in [-0.15, -0.1) is 0 Å². The van der Waals surface area contributed by atoms with E-state index in [1.54, 1.807) is 11.4 Å². The number of carbonyl (C=O) groups is 1. The van der Waals surface area contributed by atoms with Crippen LogP contribution in [0.2, 0.25) is 0 Å². The number of aromatic nitrogens is 3. The van der Waals surface area contributed by atoms with Crippen molar-refractivity contribution < 1.29 is 9.53 Å². The third-order valence-electron chi connectivity index (χ3n) is 7.53. The van der Waals surface area contributed by atoms with E-state index in [1.807, 2.05) is 67.6 Å². The molecule has 0 saturated carbocycles. The molecule has 7 heteroatoms. The highest BCUT2D eigenvalue weighted by Crippen LogP contribution is 2.33. The van der Waals surface area contributed by atoms with E-state index in [1.165, 1.54) is 0 Å². The Morgan fingerprint density at radius 3 is 2.43 bits per heavy atom. The molecule has 37 heavy (non-hydrogen) atoms. The first kappa shape index (κ1) is 23.2. The first-order chi connectivity index (χ1) is 18.0. The van der Waals surface area contributed by atoms with Gasteiger partial charge in [-0.25, -0.2) is 4.52 Å². The molecular weight excluding hydrogens is 464 g/mol. The Morgan fingerprint density at radius 2 is 1.68 bits per heavy atom. The predicted molar refractivity (Wildman–Crippen MR) is 144 cm³/mol. The molecule has 1 aliphatic rings. The van der Waals surface area contributed by atoms with Gasteiger partial charge in [-0.2, -0.15) is 5.10 Å². The Hall–Kier alpha value is -4.23. The van der Waals surface area contributed by atoms with Crippen LogP contribution < -0.4 is 10.9 Å². The Morgan fingerprint density at radius 1 is 0.973 bits per heavy atom. The highest BCUT2D eigenvalue weighted by molar-refractivity contribution is 5.96.